The van der Waals surface area contributed by atoms with E-state index >= 15 is 0 Å². The molecular weight excluding hydrogens is 352 g/mol. The van der Waals surface area contributed by atoms with Gasteiger partial charge in [0.25, 0.3) is 17.7 Å². The van der Waals surface area contributed by atoms with Gasteiger partial charge in [-0.1, -0.05) is 38.2 Å². The van der Waals surface area contributed by atoms with Crippen LogP contribution in [0.4, 0.5) is 0 Å². The van der Waals surface area contributed by atoms with E-state index in [9.17, 15) is 14.4 Å². The van der Waals surface area contributed by atoms with Crippen molar-refractivity contribution in [2.45, 2.75) is 41.5 Å². The lowest BCUT2D eigenvalue weighted by Crippen LogP contribution is -2.24. The van der Waals surface area contributed by atoms with Gasteiger partial charge in [0.15, 0.2) is 0 Å². The minimum Gasteiger partial charge on any atom is -0.355 e. The Kier molecular flexibility index (Phi) is 11.1. The second-order valence-corrected chi connectivity index (χ2v) is 5.87. The van der Waals surface area contributed by atoms with E-state index in [0.29, 0.717) is 11.1 Å². The molecule has 0 spiro atoms. The summed E-state index contributed by atoms with van der Waals surface area (Å²) in [6, 6.07) is 4.48. The van der Waals surface area contributed by atoms with E-state index in [0.717, 1.165) is 4.90 Å². The highest BCUT2D eigenvalue weighted by molar-refractivity contribution is 6.21. The molecule has 1 aliphatic heterocycles. The SMILES string of the molecule is CC.CNC(=O)c1ccc2c(c1)C(=O)N(C)C2=O.C\C=C/C(C)=C(C)/C=C\C. The summed E-state index contributed by atoms with van der Waals surface area (Å²) in [6.07, 6.45) is 8.36. The Morgan fingerprint density at radius 1 is 0.929 bits per heavy atom. The van der Waals surface area contributed by atoms with Crippen molar-refractivity contribution in [1.82, 2.24) is 10.2 Å². The van der Waals surface area contributed by atoms with Crippen molar-refractivity contribution < 1.29 is 14.4 Å². The van der Waals surface area contributed by atoms with Gasteiger partial charge in [-0.3, -0.25) is 19.3 Å². The zero-order valence-electron chi connectivity index (χ0n) is 18.2. The summed E-state index contributed by atoms with van der Waals surface area (Å²) < 4.78 is 0. The van der Waals surface area contributed by atoms with E-state index in [1.807, 2.05) is 27.7 Å². The fourth-order valence-corrected chi connectivity index (χ4v) is 2.41. The largest absolute Gasteiger partial charge is 0.355 e. The number of nitrogens with zero attached hydrogens (tertiary/aromatic N) is 1. The molecule has 0 bridgehead atoms. The standard InChI is InChI=1S/C11H10N2O3.C10H16.C2H6/c1-12-9(14)6-3-4-7-8(5-6)11(16)13(2)10(7)15;1-5-7-9(3)10(4)8-6-2;1-2/h3-5H,1-2H3,(H,12,14);5-8H,1-4H3;1-2H3/b;7-5-,8-6-,10-9+;. The monoisotopic (exact) mass is 384 g/mol. The van der Waals surface area contributed by atoms with Crippen LogP contribution in [0.3, 0.4) is 0 Å². The van der Waals surface area contributed by atoms with Crippen LogP contribution in [0.2, 0.25) is 0 Å². The zero-order valence-corrected chi connectivity index (χ0v) is 18.2. The molecule has 0 saturated heterocycles. The summed E-state index contributed by atoms with van der Waals surface area (Å²) in [5.41, 5.74) is 3.67. The van der Waals surface area contributed by atoms with Gasteiger partial charge in [-0.05, 0) is 57.0 Å². The summed E-state index contributed by atoms with van der Waals surface area (Å²) in [4.78, 5) is 35.6. The van der Waals surface area contributed by atoms with Crippen molar-refractivity contribution in [1.29, 1.82) is 0 Å². The molecule has 28 heavy (non-hydrogen) atoms. The third-order valence-corrected chi connectivity index (χ3v) is 4.03. The molecule has 5 heteroatoms. The molecule has 1 heterocycles. The molecular formula is C23H32N2O3. The lowest BCUT2D eigenvalue weighted by molar-refractivity contribution is 0.0693. The topological polar surface area (TPSA) is 66.5 Å². The maximum absolute atomic E-state index is 11.6. The van der Waals surface area contributed by atoms with Gasteiger partial charge in [-0.25, -0.2) is 0 Å². The first-order valence-electron chi connectivity index (χ1n) is 9.39. The summed E-state index contributed by atoms with van der Waals surface area (Å²) in [7, 11) is 2.93. The number of amides is 3. The first-order valence-corrected chi connectivity index (χ1v) is 9.39. The number of rotatable bonds is 3. The Morgan fingerprint density at radius 3 is 1.82 bits per heavy atom. The molecule has 1 aromatic carbocycles. The van der Waals surface area contributed by atoms with Crippen molar-refractivity contribution in [3.63, 3.8) is 0 Å². The minimum absolute atomic E-state index is 0.280. The van der Waals surface area contributed by atoms with Crippen LogP contribution in [-0.4, -0.2) is 36.7 Å². The van der Waals surface area contributed by atoms with Crippen LogP contribution >= 0.6 is 0 Å². The molecule has 5 nitrogen and oxygen atoms in total. The van der Waals surface area contributed by atoms with Crippen molar-refractivity contribution in [3.05, 3.63) is 70.3 Å². The van der Waals surface area contributed by atoms with Crippen LogP contribution in [0, 0.1) is 0 Å². The van der Waals surface area contributed by atoms with Crippen molar-refractivity contribution in [2.75, 3.05) is 14.1 Å². The summed E-state index contributed by atoms with van der Waals surface area (Å²) in [5, 5.41) is 2.46. The number of nitrogens with one attached hydrogen (secondary N) is 1. The maximum atomic E-state index is 11.6. The molecule has 0 aromatic heterocycles. The molecule has 0 aliphatic carbocycles. The van der Waals surface area contributed by atoms with Crippen LogP contribution in [0.5, 0.6) is 0 Å². The normalized spacial score (nSPS) is 13.5. The number of benzene rings is 1. The Hall–Kier alpha value is -2.95. The second-order valence-electron chi connectivity index (χ2n) is 5.87. The van der Waals surface area contributed by atoms with E-state index in [-0.39, 0.29) is 23.3 Å². The van der Waals surface area contributed by atoms with Gasteiger partial charge < -0.3 is 5.32 Å². The predicted molar refractivity (Wildman–Crippen MR) is 116 cm³/mol. The average molecular weight is 385 g/mol. The molecule has 0 radical (unpaired) electrons. The molecule has 1 N–H and O–H groups in total. The zero-order chi connectivity index (χ0) is 21.9. The number of fused-ring (bicyclic) bond motifs is 1. The third-order valence-electron chi connectivity index (χ3n) is 4.03. The molecule has 0 fully saturated rings. The molecule has 0 unspecified atom stereocenters. The highest BCUT2D eigenvalue weighted by atomic mass is 16.2. The quantitative estimate of drug-likeness (QED) is 0.603. The smallest absolute Gasteiger partial charge is 0.261 e. The highest BCUT2D eigenvalue weighted by Crippen LogP contribution is 2.22. The van der Waals surface area contributed by atoms with Gasteiger partial charge in [0.1, 0.15) is 0 Å². The van der Waals surface area contributed by atoms with Crippen LogP contribution in [-0.2, 0) is 0 Å². The Morgan fingerprint density at radius 2 is 1.39 bits per heavy atom. The number of hydrogen-bond donors (Lipinski definition) is 1. The third kappa shape index (κ3) is 6.34. The van der Waals surface area contributed by atoms with Gasteiger partial charge in [-0.15, -0.1) is 0 Å². The Bertz CT molecular complexity index is 782. The maximum Gasteiger partial charge on any atom is 0.261 e. The lowest BCUT2D eigenvalue weighted by atomic mass is 10.1. The fourth-order valence-electron chi connectivity index (χ4n) is 2.41. The summed E-state index contributed by atoms with van der Waals surface area (Å²) in [5.74, 6) is -0.980. The predicted octanol–water partition coefficient (Wildman–Crippen LogP) is 4.77. The number of carbonyl (C=O) groups excluding carboxylic acids is 3. The number of carbonyl (C=O) groups is 3. The average Bonchev–Trinajstić information content (AvgIpc) is 2.93. The number of hydrogen-bond acceptors (Lipinski definition) is 3. The summed E-state index contributed by atoms with van der Waals surface area (Å²) >= 11 is 0. The van der Waals surface area contributed by atoms with E-state index < -0.39 is 0 Å². The molecule has 3 amide bonds. The van der Waals surface area contributed by atoms with E-state index in [1.165, 1.54) is 43.4 Å². The molecule has 1 aliphatic rings. The highest BCUT2D eigenvalue weighted by Gasteiger charge is 2.33. The van der Waals surface area contributed by atoms with Crippen LogP contribution in [0.15, 0.2) is 53.6 Å². The van der Waals surface area contributed by atoms with Crippen LogP contribution < -0.4 is 5.32 Å². The van der Waals surface area contributed by atoms with Crippen LogP contribution in [0.1, 0.15) is 72.6 Å². The van der Waals surface area contributed by atoms with Gasteiger partial charge >= 0.3 is 0 Å². The van der Waals surface area contributed by atoms with Gasteiger partial charge in [0.2, 0.25) is 0 Å². The van der Waals surface area contributed by atoms with E-state index in [4.69, 9.17) is 0 Å². The fraction of sp³-hybridized carbons (Fsp3) is 0.348. The van der Waals surface area contributed by atoms with Crippen molar-refractivity contribution >= 4 is 17.7 Å². The van der Waals surface area contributed by atoms with Gasteiger partial charge in [0.05, 0.1) is 11.1 Å². The van der Waals surface area contributed by atoms with E-state index in [2.05, 4.69) is 43.5 Å². The van der Waals surface area contributed by atoms with Crippen LogP contribution in [0.25, 0.3) is 0 Å². The Balaban J connectivity index is 0.000000528. The van der Waals surface area contributed by atoms with Crippen molar-refractivity contribution in [2.24, 2.45) is 0 Å². The van der Waals surface area contributed by atoms with Crippen molar-refractivity contribution in [3.8, 4) is 0 Å². The van der Waals surface area contributed by atoms with Gasteiger partial charge in [-0.2, -0.15) is 0 Å². The first kappa shape index (κ1) is 25.1. The second kappa shape index (κ2) is 12.4. The minimum atomic E-state index is -0.370. The summed E-state index contributed by atoms with van der Waals surface area (Å²) in [6.45, 7) is 12.3. The molecule has 0 saturated carbocycles. The lowest BCUT2D eigenvalue weighted by Gasteiger charge is -2.02. The number of allylic oxidation sites excluding steroid dienone is 6. The molecule has 2 rings (SSSR count). The van der Waals surface area contributed by atoms with E-state index in [1.54, 1.807) is 0 Å². The first-order chi connectivity index (χ1) is 13.3. The molecule has 1 aromatic rings. The Labute approximate surface area is 168 Å². The molecule has 152 valence electrons. The molecule has 0 atom stereocenters. The van der Waals surface area contributed by atoms with Gasteiger partial charge in [0, 0.05) is 19.7 Å². The number of imide groups is 1.